The molecule has 2 rings (SSSR count). The van der Waals surface area contributed by atoms with Gasteiger partial charge >= 0.3 is 0 Å². The zero-order chi connectivity index (χ0) is 16.5. The molecule has 0 fully saturated rings. The van der Waals surface area contributed by atoms with Gasteiger partial charge in [0, 0.05) is 16.7 Å². The SMILES string of the molecule is Cc1ccc(NC(C)c2ncc(C(C)(C)C)o2)cc1C(N)=O. The molecule has 5 heteroatoms. The van der Waals surface area contributed by atoms with Gasteiger partial charge in [0.2, 0.25) is 11.8 Å². The van der Waals surface area contributed by atoms with Crippen molar-refractivity contribution in [1.82, 2.24) is 4.98 Å². The summed E-state index contributed by atoms with van der Waals surface area (Å²) >= 11 is 0. The number of carbonyl (C=O) groups excluding carboxylic acids is 1. The highest BCUT2D eigenvalue weighted by molar-refractivity contribution is 5.95. The van der Waals surface area contributed by atoms with Crippen LogP contribution in [0.3, 0.4) is 0 Å². The smallest absolute Gasteiger partial charge is 0.249 e. The largest absolute Gasteiger partial charge is 0.443 e. The molecule has 22 heavy (non-hydrogen) atoms. The average molecular weight is 301 g/mol. The van der Waals surface area contributed by atoms with E-state index in [9.17, 15) is 4.79 Å². The lowest BCUT2D eigenvalue weighted by molar-refractivity contribution is 0.0999. The van der Waals surface area contributed by atoms with Crippen LogP contribution >= 0.6 is 0 Å². The van der Waals surface area contributed by atoms with E-state index in [-0.39, 0.29) is 11.5 Å². The van der Waals surface area contributed by atoms with Crippen LogP contribution in [0, 0.1) is 6.92 Å². The van der Waals surface area contributed by atoms with E-state index in [4.69, 9.17) is 10.2 Å². The maximum Gasteiger partial charge on any atom is 0.249 e. The first-order valence-electron chi connectivity index (χ1n) is 7.31. The minimum absolute atomic E-state index is 0.0754. The predicted octanol–water partition coefficient (Wildman–Crippen LogP) is 3.55. The summed E-state index contributed by atoms with van der Waals surface area (Å²) in [5.74, 6) is 1.03. The molecule has 0 saturated carbocycles. The molecule has 1 amide bonds. The number of benzene rings is 1. The van der Waals surface area contributed by atoms with Crippen LogP contribution in [-0.4, -0.2) is 10.9 Å². The molecule has 1 unspecified atom stereocenters. The highest BCUT2D eigenvalue weighted by Crippen LogP contribution is 2.26. The third kappa shape index (κ3) is 3.47. The highest BCUT2D eigenvalue weighted by Gasteiger charge is 2.21. The average Bonchev–Trinajstić information content (AvgIpc) is 2.90. The Kier molecular flexibility index (Phi) is 4.26. The molecule has 0 aliphatic rings. The number of nitrogens with zero attached hydrogens (tertiary/aromatic N) is 1. The molecular weight excluding hydrogens is 278 g/mol. The molecule has 0 aliphatic carbocycles. The number of oxazole rings is 1. The van der Waals surface area contributed by atoms with Crippen molar-refractivity contribution in [3.8, 4) is 0 Å². The molecule has 1 aromatic carbocycles. The van der Waals surface area contributed by atoms with Crippen LogP contribution in [0.2, 0.25) is 0 Å². The summed E-state index contributed by atoms with van der Waals surface area (Å²) < 4.78 is 5.82. The van der Waals surface area contributed by atoms with Gasteiger partial charge in [-0.05, 0) is 31.5 Å². The number of aromatic nitrogens is 1. The molecule has 1 aromatic heterocycles. The molecule has 2 aromatic rings. The van der Waals surface area contributed by atoms with E-state index in [1.807, 2.05) is 26.0 Å². The number of hydrogen-bond donors (Lipinski definition) is 2. The lowest BCUT2D eigenvalue weighted by Gasteiger charge is -2.15. The molecular formula is C17H23N3O2. The van der Waals surface area contributed by atoms with Gasteiger partial charge < -0.3 is 15.5 Å². The quantitative estimate of drug-likeness (QED) is 0.904. The Hall–Kier alpha value is -2.30. The number of aryl methyl sites for hydroxylation is 1. The fourth-order valence-electron chi connectivity index (χ4n) is 2.12. The van der Waals surface area contributed by atoms with Gasteiger partial charge in [0.05, 0.1) is 6.20 Å². The van der Waals surface area contributed by atoms with Crippen LogP contribution in [0.15, 0.2) is 28.8 Å². The van der Waals surface area contributed by atoms with Crippen LogP contribution < -0.4 is 11.1 Å². The zero-order valence-electron chi connectivity index (χ0n) is 13.7. The summed E-state index contributed by atoms with van der Waals surface area (Å²) in [5, 5.41) is 3.28. The Morgan fingerprint density at radius 2 is 2.05 bits per heavy atom. The highest BCUT2D eigenvalue weighted by atomic mass is 16.4. The van der Waals surface area contributed by atoms with Gasteiger partial charge in [-0.1, -0.05) is 26.8 Å². The lowest BCUT2D eigenvalue weighted by atomic mass is 9.94. The van der Waals surface area contributed by atoms with E-state index in [0.29, 0.717) is 11.5 Å². The van der Waals surface area contributed by atoms with E-state index in [1.54, 1.807) is 12.3 Å². The van der Waals surface area contributed by atoms with Crippen LogP contribution in [-0.2, 0) is 5.41 Å². The van der Waals surface area contributed by atoms with Crippen LogP contribution in [0.25, 0.3) is 0 Å². The number of carbonyl (C=O) groups is 1. The zero-order valence-corrected chi connectivity index (χ0v) is 13.7. The van der Waals surface area contributed by atoms with Crippen LogP contribution in [0.5, 0.6) is 0 Å². The van der Waals surface area contributed by atoms with Crippen molar-refractivity contribution < 1.29 is 9.21 Å². The number of hydrogen-bond acceptors (Lipinski definition) is 4. The van der Waals surface area contributed by atoms with Gasteiger partial charge in [0.25, 0.3) is 0 Å². The van der Waals surface area contributed by atoms with Crippen molar-refractivity contribution in [2.45, 2.75) is 46.1 Å². The second-order valence-electron chi connectivity index (χ2n) is 6.57. The fourth-order valence-corrected chi connectivity index (χ4v) is 2.12. The van der Waals surface area contributed by atoms with Gasteiger partial charge in [0.1, 0.15) is 11.8 Å². The van der Waals surface area contributed by atoms with Gasteiger partial charge in [-0.3, -0.25) is 4.79 Å². The third-order valence-corrected chi connectivity index (χ3v) is 3.52. The van der Waals surface area contributed by atoms with Crippen molar-refractivity contribution >= 4 is 11.6 Å². The van der Waals surface area contributed by atoms with Crippen LogP contribution in [0.4, 0.5) is 5.69 Å². The van der Waals surface area contributed by atoms with E-state index < -0.39 is 5.91 Å². The minimum atomic E-state index is -0.431. The molecule has 0 bridgehead atoms. The minimum Gasteiger partial charge on any atom is -0.443 e. The number of primary amides is 1. The fraction of sp³-hybridized carbons (Fsp3) is 0.412. The first-order chi connectivity index (χ1) is 10.2. The van der Waals surface area contributed by atoms with Crippen molar-refractivity contribution in [1.29, 1.82) is 0 Å². The Balaban J connectivity index is 2.18. The molecule has 0 aliphatic heterocycles. The van der Waals surface area contributed by atoms with E-state index in [0.717, 1.165) is 17.0 Å². The molecule has 118 valence electrons. The first kappa shape index (κ1) is 16.1. The van der Waals surface area contributed by atoms with Crippen molar-refractivity contribution in [2.75, 3.05) is 5.32 Å². The summed E-state index contributed by atoms with van der Waals surface area (Å²) in [6.45, 7) is 10.1. The lowest BCUT2D eigenvalue weighted by Crippen LogP contribution is -2.14. The molecule has 0 saturated heterocycles. The molecule has 0 spiro atoms. The van der Waals surface area contributed by atoms with Gasteiger partial charge in [-0.2, -0.15) is 0 Å². The number of rotatable bonds is 4. The predicted molar refractivity (Wildman–Crippen MR) is 86.9 cm³/mol. The van der Waals surface area contributed by atoms with E-state index in [2.05, 4.69) is 31.1 Å². The normalized spacial score (nSPS) is 13.0. The summed E-state index contributed by atoms with van der Waals surface area (Å²) in [7, 11) is 0. The molecule has 3 N–H and O–H groups in total. The topological polar surface area (TPSA) is 81.2 Å². The molecule has 5 nitrogen and oxygen atoms in total. The second kappa shape index (κ2) is 5.83. The number of amides is 1. The Morgan fingerprint density at radius 3 is 2.59 bits per heavy atom. The Bertz CT molecular complexity index is 683. The molecule has 1 atom stereocenters. The molecule has 0 radical (unpaired) electrons. The maximum absolute atomic E-state index is 11.4. The van der Waals surface area contributed by atoms with E-state index in [1.165, 1.54) is 0 Å². The van der Waals surface area contributed by atoms with Crippen LogP contribution in [0.1, 0.15) is 61.3 Å². The monoisotopic (exact) mass is 301 g/mol. The second-order valence-corrected chi connectivity index (χ2v) is 6.57. The summed E-state index contributed by atoms with van der Waals surface area (Å²) in [4.78, 5) is 15.7. The van der Waals surface area contributed by atoms with E-state index >= 15 is 0 Å². The first-order valence-corrected chi connectivity index (χ1v) is 7.31. The summed E-state index contributed by atoms with van der Waals surface area (Å²) in [6.07, 6.45) is 1.76. The van der Waals surface area contributed by atoms with Gasteiger partial charge in [-0.25, -0.2) is 4.98 Å². The Labute approximate surface area is 130 Å². The summed E-state index contributed by atoms with van der Waals surface area (Å²) in [6, 6.07) is 5.42. The maximum atomic E-state index is 11.4. The summed E-state index contributed by atoms with van der Waals surface area (Å²) in [5.41, 5.74) is 7.48. The number of nitrogens with two attached hydrogens (primary N) is 1. The number of nitrogens with one attached hydrogen (secondary N) is 1. The van der Waals surface area contributed by atoms with Gasteiger partial charge in [0.15, 0.2) is 0 Å². The third-order valence-electron chi connectivity index (χ3n) is 3.52. The Morgan fingerprint density at radius 1 is 1.36 bits per heavy atom. The van der Waals surface area contributed by atoms with Gasteiger partial charge in [-0.15, -0.1) is 0 Å². The number of anilines is 1. The standard InChI is InChI=1S/C17H23N3O2/c1-10-6-7-12(8-13(10)15(18)21)20-11(2)16-19-9-14(22-16)17(3,4)5/h6-9,11,20H,1-5H3,(H2,18,21). The van der Waals surface area contributed by atoms with Crippen molar-refractivity contribution in [3.05, 3.63) is 47.2 Å². The van der Waals surface area contributed by atoms with Crippen molar-refractivity contribution in [3.63, 3.8) is 0 Å². The molecule has 1 heterocycles. The van der Waals surface area contributed by atoms with Crippen molar-refractivity contribution in [2.24, 2.45) is 5.73 Å².